The van der Waals surface area contributed by atoms with E-state index in [-0.39, 0.29) is 24.4 Å². The third kappa shape index (κ3) is 2.65. The molecule has 22 heavy (non-hydrogen) atoms. The number of ether oxygens (including phenoxy) is 1. The van der Waals surface area contributed by atoms with Crippen molar-refractivity contribution in [2.45, 2.75) is 13.0 Å². The van der Waals surface area contributed by atoms with Gasteiger partial charge in [0.1, 0.15) is 12.2 Å². The van der Waals surface area contributed by atoms with Gasteiger partial charge in [0.05, 0.1) is 6.04 Å². The van der Waals surface area contributed by atoms with E-state index in [1.54, 1.807) is 14.0 Å². The standard InChI is InChI=1S/C13H16N4O5/c1-6(15-2)22-5-7-3-16-13(21)9-11(19)10(18)8(12(14)20)4-17(7)9/h4,7,19H,3,5H2,1-2H3,(H2,14,20)(H,16,21)/t7-/m1/s1. The van der Waals surface area contributed by atoms with Crippen LogP contribution in [0.25, 0.3) is 0 Å². The van der Waals surface area contributed by atoms with Gasteiger partial charge in [-0.25, -0.2) is 0 Å². The molecule has 1 aromatic rings. The number of hydrogen-bond donors (Lipinski definition) is 3. The van der Waals surface area contributed by atoms with Gasteiger partial charge in [-0.2, -0.15) is 0 Å². The van der Waals surface area contributed by atoms with Crippen LogP contribution in [-0.2, 0) is 4.74 Å². The van der Waals surface area contributed by atoms with Gasteiger partial charge in [0.15, 0.2) is 17.3 Å². The molecule has 2 rings (SSSR count). The fraction of sp³-hybridized carbons (Fsp3) is 0.385. The average molecular weight is 308 g/mol. The normalized spacial score (nSPS) is 17.6. The molecule has 0 spiro atoms. The first-order chi connectivity index (χ1) is 10.4. The first-order valence-electron chi connectivity index (χ1n) is 6.49. The summed E-state index contributed by atoms with van der Waals surface area (Å²) in [5.74, 6) is -1.95. The van der Waals surface area contributed by atoms with Crippen LogP contribution in [0.5, 0.6) is 5.75 Å². The van der Waals surface area contributed by atoms with Crippen LogP contribution in [0.4, 0.5) is 0 Å². The second-order valence-electron chi connectivity index (χ2n) is 4.76. The van der Waals surface area contributed by atoms with E-state index in [9.17, 15) is 19.5 Å². The zero-order valence-electron chi connectivity index (χ0n) is 12.1. The number of nitrogens with zero attached hydrogens (tertiary/aromatic N) is 2. The number of aliphatic imine (C=N–C) groups is 1. The molecular formula is C13H16N4O5. The van der Waals surface area contributed by atoms with E-state index in [2.05, 4.69) is 10.3 Å². The molecule has 0 saturated carbocycles. The summed E-state index contributed by atoms with van der Waals surface area (Å²) in [6, 6.07) is -0.422. The maximum absolute atomic E-state index is 11.9. The zero-order valence-corrected chi connectivity index (χ0v) is 12.1. The van der Waals surface area contributed by atoms with Crippen molar-refractivity contribution in [2.24, 2.45) is 10.7 Å². The van der Waals surface area contributed by atoms with Crippen LogP contribution < -0.4 is 16.5 Å². The van der Waals surface area contributed by atoms with E-state index in [0.717, 1.165) is 0 Å². The second-order valence-corrected chi connectivity index (χ2v) is 4.76. The Bertz CT molecular complexity index is 722. The fourth-order valence-corrected chi connectivity index (χ4v) is 2.12. The number of aromatic nitrogens is 1. The summed E-state index contributed by atoms with van der Waals surface area (Å²) >= 11 is 0. The van der Waals surface area contributed by atoms with Crippen LogP contribution in [0, 0.1) is 0 Å². The third-order valence-electron chi connectivity index (χ3n) is 3.38. The Hall–Kier alpha value is -2.84. The molecule has 1 aliphatic rings. The summed E-state index contributed by atoms with van der Waals surface area (Å²) in [5.41, 5.74) is 3.55. The van der Waals surface area contributed by atoms with Crippen molar-refractivity contribution in [1.29, 1.82) is 0 Å². The van der Waals surface area contributed by atoms with Gasteiger partial charge in [0.25, 0.3) is 11.8 Å². The molecule has 1 aromatic heterocycles. The summed E-state index contributed by atoms with van der Waals surface area (Å²) in [5, 5.41) is 12.5. The number of hydrogen-bond acceptors (Lipinski definition) is 6. The SMILES string of the molecule is CN=C(C)OC[C@H]1CNC(=O)c2c(O)c(=O)c(C(N)=O)cn21. The van der Waals surface area contributed by atoms with Crippen molar-refractivity contribution in [3.63, 3.8) is 0 Å². The van der Waals surface area contributed by atoms with E-state index >= 15 is 0 Å². The highest BCUT2D eigenvalue weighted by Gasteiger charge is 2.30. The molecule has 118 valence electrons. The second kappa shape index (κ2) is 5.88. The predicted octanol–water partition coefficient (Wildman–Crippen LogP) is -0.998. The van der Waals surface area contributed by atoms with Gasteiger partial charge in [-0.15, -0.1) is 0 Å². The molecule has 1 atom stereocenters. The number of rotatable bonds is 3. The maximum Gasteiger partial charge on any atom is 0.272 e. The van der Waals surface area contributed by atoms with E-state index in [0.29, 0.717) is 5.90 Å². The molecule has 0 bridgehead atoms. The van der Waals surface area contributed by atoms with Gasteiger partial charge in [-0.3, -0.25) is 19.4 Å². The topological polar surface area (TPSA) is 136 Å². The number of aromatic hydroxyl groups is 1. The van der Waals surface area contributed by atoms with Gasteiger partial charge in [0.2, 0.25) is 5.43 Å². The molecule has 9 heteroatoms. The number of primary amides is 1. The first kappa shape index (κ1) is 15.5. The minimum atomic E-state index is -0.979. The van der Waals surface area contributed by atoms with E-state index in [1.807, 2.05) is 0 Å². The van der Waals surface area contributed by atoms with Crippen LogP contribution in [0.15, 0.2) is 16.0 Å². The lowest BCUT2D eigenvalue weighted by molar-refractivity contribution is 0.0887. The predicted molar refractivity (Wildman–Crippen MR) is 77.2 cm³/mol. The Balaban J connectivity index is 2.51. The summed E-state index contributed by atoms with van der Waals surface area (Å²) in [6.45, 7) is 2.01. The zero-order chi connectivity index (χ0) is 16.4. The number of carbonyl (C=O) groups excluding carboxylic acids is 2. The van der Waals surface area contributed by atoms with Crippen LogP contribution in [-0.4, -0.2) is 47.6 Å². The lowest BCUT2D eigenvalue weighted by atomic mass is 10.1. The van der Waals surface area contributed by atoms with Crippen molar-refractivity contribution in [3.05, 3.63) is 27.7 Å². The fourth-order valence-electron chi connectivity index (χ4n) is 2.12. The molecule has 0 aromatic carbocycles. The summed E-state index contributed by atoms with van der Waals surface area (Å²) < 4.78 is 6.73. The van der Waals surface area contributed by atoms with Gasteiger partial charge < -0.3 is 25.5 Å². The minimum Gasteiger partial charge on any atom is -0.503 e. The van der Waals surface area contributed by atoms with Gasteiger partial charge in [-0.05, 0) is 0 Å². The van der Waals surface area contributed by atoms with Crippen molar-refractivity contribution in [2.75, 3.05) is 20.2 Å². The van der Waals surface area contributed by atoms with Gasteiger partial charge in [-0.1, -0.05) is 0 Å². The molecule has 2 amide bonds. The number of carbonyl (C=O) groups is 2. The van der Waals surface area contributed by atoms with Crippen LogP contribution in [0.2, 0.25) is 0 Å². The number of amides is 2. The van der Waals surface area contributed by atoms with Crippen LogP contribution >= 0.6 is 0 Å². The van der Waals surface area contributed by atoms with Crippen molar-refractivity contribution >= 4 is 17.7 Å². The summed E-state index contributed by atoms with van der Waals surface area (Å²) in [6.07, 6.45) is 1.17. The molecule has 0 radical (unpaired) electrons. The average Bonchev–Trinajstić information content (AvgIpc) is 2.48. The quantitative estimate of drug-likeness (QED) is 0.486. The van der Waals surface area contributed by atoms with Gasteiger partial charge in [0, 0.05) is 26.7 Å². The highest BCUT2D eigenvalue weighted by molar-refractivity contribution is 5.98. The van der Waals surface area contributed by atoms with E-state index < -0.39 is 29.0 Å². The Morgan fingerprint density at radius 1 is 1.59 bits per heavy atom. The molecular weight excluding hydrogens is 292 g/mol. The first-order valence-corrected chi connectivity index (χ1v) is 6.49. The highest BCUT2D eigenvalue weighted by atomic mass is 16.5. The number of nitrogens with one attached hydrogen (secondary N) is 1. The van der Waals surface area contributed by atoms with Crippen molar-refractivity contribution < 1.29 is 19.4 Å². The molecule has 0 saturated heterocycles. The Labute approximate surface area is 125 Å². The molecule has 0 aliphatic carbocycles. The number of nitrogens with two attached hydrogens (primary N) is 1. The smallest absolute Gasteiger partial charge is 0.272 e. The highest BCUT2D eigenvalue weighted by Crippen LogP contribution is 2.22. The van der Waals surface area contributed by atoms with Crippen molar-refractivity contribution in [1.82, 2.24) is 9.88 Å². The summed E-state index contributed by atoms with van der Waals surface area (Å²) in [4.78, 5) is 38.9. The Morgan fingerprint density at radius 3 is 2.86 bits per heavy atom. The largest absolute Gasteiger partial charge is 0.503 e. The minimum absolute atomic E-state index is 0.136. The van der Waals surface area contributed by atoms with Gasteiger partial charge >= 0.3 is 0 Å². The van der Waals surface area contributed by atoms with E-state index in [1.165, 1.54) is 10.8 Å². The molecule has 0 fully saturated rings. The lowest BCUT2D eigenvalue weighted by Crippen LogP contribution is -2.43. The van der Waals surface area contributed by atoms with Crippen LogP contribution in [0.1, 0.15) is 33.8 Å². The van der Waals surface area contributed by atoms with Crippen LogP contribution in [0.3, 0.4) is 0 Å². The maximum atomic E-state index is 11.9. The summed E-state index contributed by atoms with van der Waals surface area (Å²) in [7, 11) is 1.57. The van der Waals surface area contributed by atoms with Crippen molar-refractivity contribution in [3.8, 4) is 5.75 Å². The Morgan fingerprint density at radius 2 is 2.27 bits per heavy atom. The number of pyridine rings is 1. The molecule has 2 heterocycles. The number of fused-ring (bicyclic) bond motifs is 1. The molecule has 1 aliphatic heterocycles. The van der Waals surface area contributed by atoms with E-state index in [4.69, 9.17) is 10.5 Å². The third-order valence-corrected chi connectivity index (χ3v) is 3.38. The molecule has 4 N–H and O–H groups in total. The molecule has 9 nitrogen and oxygen atoms in total. The molecule has 0 unspecified atom stereocenters. The Kier molecular flexibility index (Phi) is 4.15. The monoisotopic (exact) mass is 308 g/mol. The lowest BCUT2D eigenvalue weighted by Gasteiger charge is -2.29.